The van der Waals surface area contributed by atoms with E-state index in [9.17, 15) is 8.42 Å². The molecule has 2 aromatic heterocycles. The molecule has 0 unspecified atom stereocenters. The lowest BCUT2D eigenvalue weighted by Crippen LogP contribution is -2.38. The summed E-state index contributed by atoms with van der Waals surface area (Å²) in [6.45, 7) is 5.71. The van der Waals surface area contributed by atoms with Crippen LogP contribution in [-0.4, -0.2) is 48.3 Å². The summed E-state index contributed by atoms with van der Waals surface area (Å²) in [7, 11) is -3.30. The lowest BCUT2D eigenvalue weighted by Gasteiger charge is -2.23. The number of piperidine rings is 1. The maximum atomic E-state index is 12.7. The van der Waals surface area contributed by atoms with Crippen molar-refractivity contribution < 1.29 is 13.2 Å². The number of halogens is 1. The van der Waals surface area contributed by atoms with E-state index in [1.54, 1.807) is 18.5 Å². The quantitative estimate of drug-likeness (QED) is 0.257. The number of aromatic nitrogens is 3. The Labute approximate surface area is 234 Å². The van der Waals surface area contributed by atoms with Crippen molar-refractivity contribution in [3.05, 3.63) is 71.0 Å². The molecule has 8 nitrogen and oxygen atoms in total. The molecule has 2 N–H and O–H groups in total. The van der Waals surface area contributed by atoms with E-state index in [0.717, 1.165) is 47.8 Å². The maximum absolute atomic E-state index is 12.7. The van der Waals surface area contributed by atoms with Crippen LogP contribution in [0, 0.1) is 6.92 Å². The second kappa shape index (κ2) is 11.9. The summed E-state index contributed by atoms with van der Waals surface area (Å²) in [5, 5.41) is 8.76. The average molecular weight is 566 g/mol. The minimum atomic E-state index is -3.30. The average Bonchev–Trinajstić information content (AvgIpc) is 2.92. The maximum Gasteiger partial charge on any atom is 0.228 e. The van der Waals surface area contributed by atoms with Gasteiger partial charge in [-0.2, -0.15) is 0 Å². The molecular formula is C29H32ClN5O3S. The van der Waals surface area contributed by atoms with Crippen LogP contribution in [0.4, 0.5) is 5.95 Å². The predicted molar refractivity (Wildman–Crippen MR) is 156 cm³/mol. The smallest absolute Gasteiger partial charge is 0.228 e. The lowest BCUT2D eigenvalue weighted by atomic mass is 10.0. The Kier molecular flexibility index (Phi) is 8.30. The summed E-state index contributed by atoms with van der Waals surface area (Å²) in [5.74, 6) is 1.54. The molecule has 0 aliphatic carbocycles. The van der Waals surface area contributed by atoms with E-state index in [4.69, 9.17) is 21.3 Å². The molecule has 10 heteroatoms. The largest absolute Gasteiger partial charge is 0.437 e. The molecule has 0 bridgehead atoms. The molecule has 1 aliphatic rings. The number of aryl methyl sites for hydroxylation is 1. The summed E-state index contributed by atoms with van der Waals surface area (Å²) >= 11 is 6.51. The van der Waals surface area contributed by atoms with Gasteiger partial charge in [0.25, 0.3) is 0 Å². The normalized spacial score (nSPS) is 15.8. The molecule has 0 saturated carbocycles. The molecule has 3 heterocycles. The molecule has 1 aliphatic heterocycles. The van der Waals surface area contributed by atoms with Crippen LogP contribution in [0.3, 0.4) is 0 Å². The molecule has 1 fully saturated rings. The molecule has 1 saturated heterocycles. The van der Waals surface area contributed by atoms with Gasteiger partial charge in [0, 0.05) is 35.4 Å². The summed E-state index contributed by atoms with van der Waals surface area (Å²) < 4.78 is 31.8. The highest BCUT2D eigenvalue weighted by atomic mass is 35.5. The van der Waals surface area contributed by atoms with E-state index < -0.39 is 9.84 Å². The first-order chi connectivity index (χ1) is 18.8. The van der Waals surface area contributed by atoms with Gasteiger partial charge in [0.1, 0.15) is 5.75 Å². The van der Waals surface area contributed by atoms with Crippen molar-refractivity contribution in [1.29, 1.82) is 0 Å². The van der Waals surface area contributed by atoms with Gasteiger partial charge < -0.3 is 15.4 Å². The number of anilines is 1. The van der Waals surface area contributed by atoms with Gasteiger partial charge in [-0.25, -0.2) is 23.4 Å². The van der Waals surface area contributed by atoms with E-state index in [2.05, 4.69) is 20.6 Å². The van der Waals surface area contributed by atoms with E-state index in [0.29, 0.717) is 40.3 Å². The first-order valence-electron chi connectivity index (χ1n) is 13.2. The molecule has 1 atom stereocenters. The number of pyridine rings is 1. The standard InChI is InChI=1S/C29H32ClN5O3S/c1-3-16-39(36,37)18-24-21-9-8-19(2)27(22(21)10-11-25(24)30)38-28-23(7-5-14-32-28)26-12-15-33-29(35-26)34-20-6-4-13-31-17-20/h5,7-12,14-15,20,31H,3-4,6,13,16-18H2,1-2H3,(H,33,34,35)/t20-/m0/s1. The highest BCUT2D eigenvalue weighted by Gasteiger charge is 2.20. The van der Waals surface area contributed by atoms with Crippen LogP contribution in [0.15, 0.2) is 54.9 Å². The second-order valence-corrected chi connectivity index (χ2v) is 12.4. The van der Waals surface area contributed by atoms with Crippen LogP contribution in [0.2, 0.25) is 5.02 Å². The van der Waals surface area contributed by atoms with Crippen LogP contribution in [0.25, 0.3) is 22.0 Å². The summed E-state index contributed by atoms with van der Waals surface area (Å²) in [5.41, 5.74) is 2.88. The number of ether oxygens (including phenoxy) is 1. The molecule has 204 valence electrons. The molecule has 39 heavy (non-hydrogen) atoms. The van der Waals surface area contributed by atoms with Gasteiger partial charge in [-0.1, -0.05) is 30.7 Å². The second-order valence-electron chi connectivity index (χ2n) is 9.84. The Morgan fingerprint density at radius 3 is 2.74 bits per heavy atom. The van der Waals surface area contributed by atoms with Crippen molar-refractivity contribution in [3.63, 3.8) is 0 Å². The van der Waals surface area contributed by atoms with Gasteiger partial charge in [-0.05, 0) is 79.6 Å². The third kappa shape index (κ3) is 6.32. The van der Waals surface area contributed by atoms with Gasteiger partial charge in [0.05, 0.1) is 22.8 Å². The van der Waals surface area contributed by atoms with Crippen LogP contribution < -0.4 is 15.4 Å². The number of sulfone groups is 1. The number of benzene rings is 2. The van der Waals surface area contributed by atoms with Crippen LogP contribution in [0.1, 0.15) is 37.3 Å². The number of rotatable bonds is 9. The van der Waals surface area contributed by atoms with Gasteiger partial charge >= 0.3 is 0 Å². The SMILES string of the molecule is CCCS(=O)(=O)Cc1c(Cl)ccc2c(Oc3ncccc3-c3ccnc(N[C@H]4CCCNC4)n3)c(C)ccc12. The highest BCUT2D eigenvalue weighted by molar-refractivity contribution is 7.90. The van der Waals surface area contributed by atoms with Crippen molar-refractivity contribution in [2.75, 3.05) is 24.2 Å². The van der Waals surface area contributed by atoms with Crippen molar-refractivity contribution >= 4 is 38.2 Å². The fraction of sp³-hybridized carbons (Fsp3) is 0.345. The van der Waals surface area contributed by atoms with Gasteiger partial charge in [0.2, 0.25) is 11.8 Å². The van der Waals surface area contributed by atoms with Crippen LogP contribution in [-0.2, 0) is 15.6 Å². The third-order valence-corrected chi connectivity index (χ3v) is 8.93. The first kappa shape index (κ1) is 27.3. The van der Waals surface area contributed by atoms with E-state index in [-0.39, 0.29) is 17.5 Å². The number of hydrogen-bond acceptors (Lipinski definition) is 8. The van der Waals surface area contributed by atoms with Crippen LogP contribution in [0.5, 0.6) is 11.6 Å². The third-order valence-electron chi connectivity index (χ3n) is 6.81. The Morgan fingerprint density at radius 1 is 1.10 bits per heavy atom. The van der Waals surface area contributed by atoms with Crippen molar-refractivity contribution in [2.24, 2.45) is 0 Å². The Bertz CT molecular complexity index is 1590. The van der Waals surface area contributed by atoms with Crippen LogP contribution >= 0.6 is 11.6 Å². The zero-order chi connectivity index (χ0) is 27.4. The zero-order valence-corrected chi connectivity index (χ0v) is 23.6. The lowest BCUT2D eigenvalue weighted by molar-refractivity contribution is 0.466. The van der Waals surface area contributed by atoms with Gasteiger partial charge in [-0.15, -0.1) is 0 Å². The number of nitrogens with one attached hydrogen (secondary N) is 2. The minimum absolute atomic E-state index is 0.110. The number of fused-ring (bicyclic) bond motifs is 1. The van der Waals surface area contributed by atoms with Crippen molar-refractivity contribution in [2.45, 2.75) is 44.9 Å². The Morgan fingerprint density at radius 2 is 1.95 bits per heavy atom. The molecule has 4 aromatic rings. The van der Waals surface area contributed by atoms with Crippen molar-refractivity contribution in [1.82, 2.24) is 20.3 Å². The Balaban J connectivity index is 1.51. The van der Waals surface area contributed by atoms with Crippen molar-refractivity contribution in [3.8, 4) is 22.9 Å². The van der Waals surface area contributed by atoms with E-state index in [1.807, 2.05) is 50.2 Å². The zero-order valence-electron chi connectivity index (χ0n) is 22.1. The fourth-order valence-corrected chi connectivity index (χ4v) is 6.74. The predicted octanol–water partition coefficient (Wildman–Crippen LogP) is 5.93. The fourth-order valence-electron chi connectivity index (χ4n) is 4.91. The van der Waals surface area contributed by atoms with E-state index >= 15 is 0 Å². The molecule has 0 amide bonds. The van der Waals surface area contributed by atoms with Gasteiger partial charge in [0.15, 0.2) is 9.84 Å². The summed E-state index contributed by atoms with van der Waals surface area (Å²) in [6, 6.07) is 13.3. The Hall–Kier alpha value is -3.27. The first-order valence-corrected chi connectivity index (χ1v) is 15.4. The number of hydrogen-bond donors (Lipinski definition) is 2. The minimum Gasteiger partial charge on any atom is -0.437 e. The van der Waals surface area contributed by atoms with E-state index in [1.165, 1.54) is 0 Å². The monoisotopic (exact) mass is 565 g/mol. The highest BCUT2D eigenvalue weighted by Crippen LogP contribution is 2.39. The molecule has 0 spiro atoms. The topological polar surface area (TPSA) is 106 Å². The molecule has 5 rings (SSSR count). The summed E-state index contributed by atoms with van der Waals surface area (Å²) in [4.78, 5) is 13.7. The molecular weight excluding hydrogens is 534 g/mol. The summed E-state index contributed by atoms with van der Waals surface area (Å²) in [6.07, 6.45) is 6.13. The number of nitrogens with zero attached hydrogens (tertiary/aromatic N) is 3. The van der Waals surface area contributed by atoms with Gasteiger partial charge in [-0.3, -0.25) is 0 Å². The molecule has 0 radical (unpaired) electrons. The molecule has 2 aromatic carbocycles.